The summed E-state index contributed by atoms with van der Waals surface area (Å²) in [6.07, 6.45) is 2.07. The van der Waals surface area contributed by atoms with E-state index in [9.17, 15) is 9.59 Å². The van der Waals surface area contributed by atoms with Crippen molar-refractivity contribution in [1.29, 1.82) is 0 Å². The average molecular weight is 588 g/mol. The van der Waals surface area contributed by atoms with Crippen molar-refractivity contribution in [3.05, 3.63) is 60.8 Å². The van der Waals surface area contributed by atoms with Crippen LogP contribution in [-0.2, 0) is 9.53 Å². The molecule has 13 nitrogen and oxygen atoms in total. The lowest BCUT2D eigenvalue weighted by Crippen LogP contribution is -2.39. The molecular formula is C30H37N9O4. The van der Waals surface area contributed by atoms with Crippen molar-refractivity contribution < 1.29 is 19.4 Å². The quantitative estimate of drug-likeness (QED) is 0.165. The maximum atomic E-state index is 13.2. The van der Waals surface area contributed by atoms with Crippen LogP contribution in [0.1, 0.15) is 12.8 Å². The highest BCUT2D eigenvalue weighted by Gasteiger charge is 2.32. The normalized spacial score (nSPS) is 14.5. The van der Waals surface area contributed by atoms with E-state index in [0.717, 1.165) is 28.7 Å². The fraction of sp³-hybridized carbons (Fsp3) is 0.333. The second kappa shape index (κ2) is 13.4. The molecule has 5 rings (SSSR count). The van der Waals surface area contributed by atoms with Gasteiger partial charge in [-0.2, -0.15) is 5.10 Å². The van der Waals surface area contributed by atoms with Gasteiger partial charge in [0, 0.05) is 63.1 Å². The molecule has 3 heterocycles. The van der Waals surface area contributed by atoms with Crippen LogP contribution in [0.3, 0.4) is 0 Å². The molecule has 2 aromatic heterocycles. The third kappa shape index (κ3) is 7.13. The van der Waals surface area contributed by atoms with E-state index >= 15 is 0 Å². The number of hydrogen-bond acceptors (Lipinski definition) is 10. The summed E-state index contributed by atoms with van der Waals surface area (Å²) in [5, 5.41) is 26.1. The minimum Gasteiger partial charge on any atom is -0.425 e. The molecule has 0 unspecified atom stereocenters. The van der Waals surface area contributed by atoms with Crippen LogP contribution in [0.15, 0.2) is 60.8 Å². The molecule has 0 radical (unpaired) electrons. The Kier molecular flexibility index (Phi) is 9.23. The Morgan fingerprint density at radius 1 is 1.09 bits per heavy atom. The van der Waals surface area contributed by atoms with Crippen LogP contribution in [0.2, 0.25) is 0 Å². The van der Waals surface area contributed by atoms with Gasteiger partial charge >= 0.3 is 6.09 Å². The Balaban J connectivity index is 1.37. The lowest BCUT2D eigenvalue weighted by molar-refractivity contribution is -0.115. The van der Waals surface area contributed by atoms with Crippen molar-refractivity contribution in [2.45, 2.75) is 19.1 Å². The molecular weight excluding hydrogens is 550 g/mol. The Morgan fingerprint density at radius 2 is 1.88 bits per heavy atom. The van der Waals surface area contributed by atoms with Gasteiger partial charge in [0.1, 0.15) is 5.82 Å². The zero-order valence-corrected chi connectivity index (χ0v) is 24.5. The Bertz CT molecular complexity index is 1560. The number of carbonyl (C=O) groups excluding carboxylic acids is 2. The zero-order valence-electron chi connectivity index (χ0n) is 24.5. The number of pyridine rings is 1. The number of aromatic nitrogens is 3. The van der Waals surface area contributed by atoms with E-state index in [4.69, 9.17) is 14.8 Å². The standard InChI is InChI=1S/C30H37N9O4/c1-37(2)22-7-9-23(10-8-22)38(3)30(42)43-28-5-4-15-39(28)29-25(34-27(41)19-31-14-16-40)12-13-26(35-29)33-21-6-11-24-20(17-21)18-32-36-24/h6-13,17-18,28,31,40H,4-5,14-16,19H2,1-3H3,(H,32,36)(H,33,35)(H,34,41)/t28-/m0/s1. The number of ether oxygens (including phenoxy) is 1. The summed E-state index contributed by atoms with van der Waals surface area (Å²) in [5.74, 6) is 0.763. The Morgan fingerprint density at radius 3 is 2.65 bits per heavy atom. The number of nitrogens with zero attached hydrogens (tertiary/aromatic N) is 5. The van der Waals surface area contributed by atoms with E-state index in [-0.39, 0.29) is 19.1 Å². The number of benzene rings is 2. The first-order valence-corrected chi connectivity index (χ1v) is 14.1. The highest BCUT2D eigenvalue weighted by Crippen LogP contribution is 2.34. The molecule has 1 fully saturated rings. The highest BCUT2D eigenvalue weighted by molar-refractivity contribution is 5.95. The van der Waals surface area contributed by atoms with Crippen LogP contribution in [-0.4, -0.2) is 85.9 Å². The smallest absolute Gasteiger partial charge is 0.415 e. The molecule has 2 aromatic carbocycles. The summed E-state index contributed by atoms with van der Waals surface area (Å²) >= 11 is 0. The highest BCUT2D eigenvalue weighted by atomic mass is 16.6. The second-order valence-corrected chi connectivity index (χ2v) is 10.5. The lowest BCUT2D eigenvalue weighted by atomic mass is 10.2. The minimum atomic E-state index is -0.579. The topological polar surface area (TPSA) is 151 Å². The minimum absolute atomic E-state index is 0.0283. The van der Waals surface area contributed by atoms with E-state index in [1.54, 1.807) is 25.4 Å². The van der Waals surface area contributed by atoms with E-state index < -0.39 is 12.3 Å². The SMILES string of the molecule is CN(C)c1ccc(N(C)C(=O)O[C@H]2CCCN2c2nc(Nc3ccc4[nH]ncc4c3)ccc2NC(=O)CNCCO)cc1. The van der Waals surface area contributed by atoms with Crippen LogP contribution in [0, 0.1) is 0 Å². The molecule has 2 amide bonds. The van der Waals surface area contributed by atoms with Gasteiger partial charge in [-0.25, -0.2) is 9.78 Å². The molecule has 43 heavy (non-hydrogen) atoms. The maximum Gasteiger partial charge on any atom is 0.415 e. The summed E-state index contributed by atoms with van der Waals surface area (Å²) < 4.78 is 5.99. The molecule has 1 saturated heterocycles. The summed E-state index contributed by atoms with van der Waals surface area (Å²) in [5.41, 5.74) is 3.97. The lowest BCUT2D eigenvalue weighted by Gasteiger charge is -2.29. The van der Waals surface area contributed by atoms with Crippen LogP contribution in [0.4, 0.5) is 39.2 Å². The molecule has 0 aliphatic carbocycles. The summed E-state index contributed by atoms with van der Waals surface area (Å²) in [6.45, 7) is 0.848. The molecule has 0 saturated carbocycles. The number of carbonyl (C=O) groups is 2. The van der Waals surface area contributed by atoms with Crippen molar-refractivity contribution in [3.63, 3.8) is 0 Å². The maximum absolute atomic E-state index is 13.2. The number of nitrogens with one attached hydrogen (secondary N) is 4. The number of hydrogen-bond donors (Lipinski definition) is 5. The van der Waals surface area contributed by atoms with Crippen molar-refractivity contribution in [2.75, 3.05) is 72.7 Å². The molecule has 4 aromatic rings. The van der Waals surface area contributed by atoms with Gasteiger partial charge < -0.3 is 35.6 Å². The van der Waals surface area contributed by atoms with E-state index in [0.29, 0.717) is 42.5 Å². The number of aliphatic hydroxyl groups is 1. The number of rotatable bonds is 11. The predicted octanol–water partition coefficient (Wildman–Crippen LogP) is 3.49. The number of fused-ring (bicyclic) bond motifs is 1. The van der Waals surface area contributed by atoms with Crippen molar-refractivity contribution in [1.82, 2.24) is 20.5 Å². The Labute approximate surface area is 249 Å². The molecule has 0 bridgehead atoms. The van der Waals surface area contributed by atoms with Crippen molar-refractivity contribution in [2.24, 2.45) is 0 Å². The van der Waals surface area contributed by atoms with Crippen LogP contribution in [0.25, 0.3) is 10.9 Å². The monoisotopic (exact) mass is 587 g/mol. The summed E-state index contributed by atoms with van der Waals surface area (Å²) in [6, 6.07) is 17.0. The molecule has 1 aliphatic heterocycles. The van der Waals surface area contributed by atoms with Gasteiger partial charge in [0.25, 0.3) is 0 Å². The zero-order chi connectivity index (χ0) is 30.3. The third-order valence-corrected chi connectivity index (χ3v) is 7.17. The van der Waals surface area contributed by atoms with Crippen LogP contribution in [0.5, 0.6) is 0 Å². The summed E-state index contributed by atoms with van der Waals surface area (Å²) in [4.78, 5) is 36.1. The first-order chi connectivity index (χ1) is 20.8. The third-order valence-electron chi connectivity index (χ3n) is 7.17. The van der Waals surface area contributed by atoms with Gasteiger partial charge in [-0.15, -0.1) is 0 Å². The molecule has 226 valence electrons. The van der Waals surface area contributed by atoms with Gasteiger partial charge in [0.2, 0.25) is 5.91 Å². The largest absolute Gasteiger partial charge is 0.425 e. The fourth-order valence-corrected chi connectivity index (χ4v) is 4.85. The molecule has 1 aliphatic rings. The number of aromatic amines is 1. The van der Waals surface area contributed by atoms with Gasteiger partial charge in [0.05, 0.1) is 30.6 Å². The van der Waals surface area contributed by atoms with Crippen molar-refractivity contribution >= 4 is 57.3 Å². The van der Waals surface area contributed by atoms with Crippen molar-refractivity contribution in [3.8, 4) is 0 Å². The van der Waals surface area contributed by atoms with E-state index in [1.807, 2.05) is 66.4 Å². The molecule has 5 N–H and O–H groups in total. The predicted molar refractivity (Wildman–Crippen MR) is 168 cm³/mol. The number of amides is 2. The van der Waals surface area contributed by atoms with Gasteiger partial charge in [0.15, 0.2) is 12.0 Å². The first-order valence-electron chi connectivity index (χ1n) is 14.1. The van der Waals surface area contributed by atoms with Gasteiger partial charge in [-0.1, -0.05) is 0 Å². The molecule has 1 atom stereocenters. The average Bonchev–Trinajstić information content (AvgIpc) is 3.67. The molecule has 13 heteroatoms. The number of aliphatic hydroxyl groups excluding tert-OH is 1. The fourth-order valence-electron chi connectivity index (χ4n) is 4.85. The van der Waals surface area contributed by atoms with E-state index in [1.165, 1.54) is 4.90 Å². The Hall–Kier alpha value is -4.88. The summed E-state index contributed by atoms with van der Waals surface area (Å²) in [7, 11) is 5.60. The number of anilines is 6. The number of H-pyrrole nitrogens is 1. The second-order valence-electron chi connectivity index (χ2n) is 10.5. The van der Waals surface area contributed by atoms with Gasteiger partial charge in [-0.3, -0.25) is 14.8 Å². The molecule has 0 spiro atoms. The first kappa shape index (κ1) is 29.6. The van der Waals surface area contributed by atoms with E-state index in [2.05, 4.69) is 26.1 Å². The van der Waals surface area contributed by atoms with Crippen LogP contribution >= 0.6 is 0 Å². The van der Waals surface area contributed by atoms with Gasteiger partial charge in [-0.05, 0) is 61.0 Å². The van der Waals surface area contributed by atoms with Crippen LogP contribution < -0.4 is 30.7 Å².